The van der Waals surface area contributed by atoms with Gasteiger partial charge >= 0.3 is 0 Å². The number of nitrogens with zero attached hydrogens (tertiary/aromatic N) is 1. The predicted octanol–water partition coefficient (Wildman–Crippen LogP) is 4.66. The third kappa shape index (κ3) is 5.25. The number of hydrogen-bond acceptors (Lipinski definition) is 3. The fraction of sp³-hybridized carbons (Fsp3) is 0.136. The van der Waals surface area contributed by atoms with Gasteiger partial charge in [0.05, 0.1) is 16.6 Å². The zero-order chi connectivity index (χ0) is 21.7. The summed E-state index contributed by atoms with van der Waals surface area (Å²) >= 11 is 3.33. The second kappa shape index (κ2) is 9.40. The van der Waals surface area contributed by atoms with Crippen LogP contribution in [0.25, 0.3) is 0 Å². The minimum Gasteiger partial charge on any atom is -0.348 e. The van der Waals surface area contributed by atoms with Crippen LogP contribution in [0, 0.1) is 5.82 Å². The summed E-state index contributed by atoms with van der Waals surface area (Å²) in [7, 11) is -3.96. The van der Waals surface area contributed by atoms with Crippen LogP contribution in [-0.2, 0) is 14.8 Å². The van der Waals surface area contributed by atoms with Crippen LogP contribution < -0.4 is 9.62 Å². The first-order valence-corrected chi connectivity index (χ1v) is 11.4. The largest absolute Gasteiger partial charge is 0.348 e. The molecule has 156 valence electrons. The first-order valence-electron chi connectivity index (χ1n) is 9.15. The Balaban J connectivity index is 1.86. The van der Waals surface area contributed by atoms with E-state index >= 15 is 0 Å². The highest BCUT2D eigenvalue weighted by atomic mass is 79.9. The van der Waals surface area contributed by atoms with Gasteiger partial charge in [0.1, 0.15) is 12.4 Å². The van der Waals surface area contributed by atoms with Gasteiger partial charge in [-0.1, -0.05) is 46.3 Å². The molecule has 0 radical (unpaired) electrons. The number of rotatable bonds is 7. The van der Waals surface area contributed by atoms with E-state index in [1.54, 1.807) is 61.5 Å². The quantitative estimate of drug-likeness (QED) is 0.523. The molecule has 0 saturated carbocycles. The number of hydrogen-bond donors (Lipinski definition) is 1. The van der Waals surface area contributed by atoms with Gasteiger partial charge in [0.25, 0.3) is 10.0 Å². The summed E-state index contributed by atoms with van der Waals surface area (Å²) in [6.45, 7) is 1.35. The molecule has 0 saturated heterocycles. The maximum Gasteiger partial charge on any atom is 0.264 e. The normalized spacial score (nSPS) is 12.2. The first-order chi connectivity index (χ1) is 14.3. The van der Waals surface area contributed by atoms with Crippen LogP contribution >= 0.6 is 15.9 Å². The Morgan fingerprint density at radius 2 is 1.60 bits per heavy atom. The number of sulfonamides is 1. The van der Waals surface area contributed by atoms with Crippen molar-refractivity contribution in [2.24, 2.45) is 0 Å². The minimum atomic E-state index is -3.96. The van der Waals surface area contributed by atoms with Gasteiger partial charge in [-0.3, -0.25) is 9.10 Å². The number of anilines is 1. The Morgan fingerprint density at radius 3 is 2.20 bits per heavy atom. The van der Waals surface area contributed by atoms with Crippen molar-refractivity contribution in [1.29, 1.82) is 0 Å². The number of halogens is 2. The van der Waals surface area contributed by atoms with E-state index in [2.05, 4.69) is 21.2 Å². The van der Waals surface area contributed by atoms with Crippen LogP contribution in [0.15, 0.2) is 88.2 Å². The topological polar surface area (TPSA) is 66.5 Å². The van der Waals surface area contributed by atoms with Crippen LogP contribution in [0.2, 0.25) is 0 Å². The average molecular weight is 491 g/mol. The van der Waals surface area contributed by atoms with Crippen molar-refractivity contribution in [3.05, 3.63) is 94.7 Å². The number of amides is 1. The summed E-state index contributed by atoms with van der Waals surface area (Å²) in [6, 6.07) is 20.0. The number of carbonyl (C=O) groups excluding carboxylic acids is 1. The van der Waals surface area contributed by atoms with Gasteiger partial charge in [0.15, 0.2) is 0 Å². The van der Waals surface area contributed by atoms with E-state index in [0.29, 0.717) is 11.3 Å². The van der Waals surface area contributed by atoms with E-state index in [4.69, 9.17) is 0 Å². The zero-order valence-corrected chi connectivity index (χ0v) is 18.5. The molecule has 8 heteroatoms. The second-order valence-electron chi connectivity index (χ2n) is 6.64. The van der Waals surface area contributed by atoms with E-state index in [1.807, 2.05) is 0 Å². The molecule has 30 heavy (non-hydrogen) atoms. The fourth-order valence-electron chi connectivity index (χ4n) is 2.89. The molecular formula is C22H20BrFN2O3S. The minimum absolute atomic E-state index is 0.0901. The van der Waals surface area contributed by atoms with Crippen molar-refractivity contribution in [2.75, 3.05) is 10.8 Å². The molecule has 0 fully saturated rings. The summed E-state index contributed by atoms with van der Waals surface area (Å²) in [5.41, 5.74) is 1.08. The first kappa shape index (κ1) is 22.0. The summed E-state index contributed by atoms with van der Waals surface area (Å²) < 4.78 is 41.5. The Bertz CT molecular complexity index is 1110. The van der Waals surface area contributed by atoms with Crippen molar-refractivity contribution < 1.29 is 17.6 Å². The highest BCUT2D eigenvalue weighted by molar-refractivity contribution is 9.10. The maximum absolute atomic E-state index is 13.2. The van der Waals surface area contributed by atoms with Crippen molar-refractivity contribution in [3.8, 4) is 0 Å². The fourth-order valence-corrected chi connectivity index (χ4v) is 4.60. The van der Waals surface area contributed by atoms with E-state index in [9.17, 15) is 17.6 Å². The molecule has 5 nitrogen and oxygen atoms in total. The highest BCUT2D eigenvalue weighted by Crippen LogP contribution is 2.25. The Kier molecular flexibility index (Phi) is 6.89. The molecule has 0 aliphatic carbocycles. The summed E-state index contributed by atoms with van der Waals surface area (Å²) in [5.74, 6) is -0.845. The summed E-state index contributed by atoms with van der Waals surface area (Å²) in [6.07, 6.45) is 0. The lowest BCUT2D eigenvalue weighted by Crippen LogP contribution is -2.41. The van der Waals surface area contributed by atoms with E-state index in [0.717, 1.165) is 8.78 Å². The van der Waals surface area contributed by atoms with Crippen molar-refractivity contribution >= 4 is 37.5 Å². The highest BCUT2D eigenvalue weighted by Gasteiger charge is 2.27. The van der Waals surface area contributed by atoms with E-state index in [-0.39, 0.29) is 10.7 Å². The van der Waals surface area contributed by atoms with E-state index < -0.39 is 28.5 Å². The molecule has 3 rings (SSSR count). The molecule has 0 bridgehead atoms. The molecule has 3 aromatic rings. The number of nitrogens with one attached hydrogen (secondary N) is 1. The van der Waals surface area contributed by atoms with Crippen molar-refractivity contribution in [2.45, 2.75) is 17.9 Å². The SMILES string of the molecule is C[C@H](NC(=O)CN(c1ccc(Br)cc1)S(=O)(=O)c1ccccc1)c1ccc(F)cc1. The second-order valence-corrected chi connectivity index (χ2v) is 9.42. The van der Waals surface area contributed by atoms with Gasteiger partial charge in [0, 0.05) is 4.47 Å². The number of carbonyl (C=O) groups is 1. The van der Waals surface area contributed by atoms with E-state index in [1.165, 1.54) is 24.3 Å². The van der Waals surface area contributed by atoms with Crippen LogP contribution in [0.3, 0.4) is 0 Å². The molecule has 0 aliphatic rings. The Morgan fingerprint density at radius 1 is 1.00 bits per heavy atom. The lowest BCUT2D eigenvalue weighted by atomic mass is 10.1. The molecule has 1 amide bonds. The Labute approximate surface area is 183 Å². The lowest BCUT2D eigenvalue weighted by Gasteiger charge is -2.25. The van der Waals surface area contributed by atoms with Crippen LogP contribution in [0.4, 0.5) is 10.1 Å². The molecule has 0 aliphatic heterocycles. The molecule has 0 aromatic heterocycles. The van der Waals surface area contributed by atoms with Gasteiger partial charge in [-0.25, -0.2) is 12.8 Å². The third-order valence-corrected chi connectivity index (χ3v) is 6.80. The molecular weight excluding hydrogens is 471 g/mol. The third-order valence-electron chi connectivity index (χ3n) is 4.48. The molecule has 0 heterocycles. The maximum atomic E-state index is 13.2. The Hall–Kier alpha value is -2.71. The van der Waals surface area contributed by atoms with Crippen molar-refractivity contribution in [1.82, 2.24) is 5.32 Å². The van der Waals surface area contributed by atoms with Crippen LogP contribution in [0.1, 0.15) is 18.5 Å². The smallest absolute Gasteiger partial charge is 0.264 e. The molecule has 1 atom stereocenters. The van der Waals surface area contributed by atoms with Gasteiger partial charge in [-0.15, -0.1) is 0 Å². The predicted molar refractivity (Wildman–Crippen MR) is 118 cm³/mol. The summed E-state index contributed by atoms with van der Waals surface area (Å²) in [5, 5.41) is 2.77. The van der Waals surface area contributed by atoms with Gasteiger partial charge in [-0.2, -0.15) is 0 Å². The van der Waals surface area contributed by atoms with Crippen LogP contribution in [0.5, 0.6) is 0 Å². The molecule has 0 spiro atoms. The number of benzene rings is 3. The van der Waals surface area contributed by atoms with Crippen LogP contribution in [-0.4, -0.2) is 20.9 Å². The average Bonchev–Trinajstić information content (AvgIpc) is 2.74. The molecule has 3 aromatic carbocycles. The molecule has 0 unspecified atom stereocenters. The van der Waals surface area contributed by atoms with Gasteiger partial charge in [0.2, 0.25) is 5.91 Å². The molecule has 1 N–H and O–H groups in total. The van der Waals surface area contributed by atoms with Gasteiger partial charge < -0.3 is 5.32 Å². The van der Waals surface area contributed by atoms with Crippen molar-refractivity contribution in [3.63, 3.8) is 0 Å². The zero-order valence-electron chi connectivity index (χ0n) is 16.1. The standard InChI is InChI=1S/C22H20BrFN2O3S/c1-16(17-7-11-19(24)12-8-17)25-22(27)15-26(20-13-9-18(23)10-14-20)30(28,29)21-5-3-2-4-6-21/h2-14,16H,15H2,1H3,(H,25,27)/t16-/m0/s1. The van der Waals surface area contributed by atoms with Gasteiger partial charge in [-0.05, 0) is 61.0 Å². The monoisotopic (exact) mass is 490 g/mol. The summed E-state index contributed by atoms with van der Waals surface area (Å²) in [4.78, 5) is 12.8. The lowest BCUT2D eigenvalue weighted by molar-refractivity contribution is -0.120.